The lowest BCUT2D eigenvalue weighted by Gasteiger charge is -2.41. The molecule has 0 saturated heterocycles. The predicted octanol–water partition coefficient (Wildman–Crippen LogP) is 3.01. The van der Waals surface area contributed by atoms with E-state index in [1.807, 2.05) is 0 Å². The Morgan fingerprint density at radius 1 is 1.12 bits per heavy atom. The summed E-state index contributed by atoms with van der Waals surface area (Å²) >= 11 is 0. The third-order valence-electron chi connectivity index (χ3n) is 4.06. The second-order valence-electron chi connectivity index (χ2n) is 5.33. The molecule has 0 aromatic carbocycles. The zero-order valence-corrected chi connectivity index (χ0v) is 11.4. The zero-order valence-electron chi connectivity index (χ0n) is 11.4. The standard InChI is InChI=1S/C14H30N2/c1-4-7-12-8-9-13(15)14(11-12)16(6-3)10-5-2/h12-14H,4-11,15H2,1-3H3. The molecule has 1 fully saturated rings. The fraction of sp³-hybridized carbons (Fsp3) is 1.00. The lowest BCUT2D eigenvalue weighted by Crippen LogP contribution is -2.51. The van der Waals surface area contributed by atoms with E-state index in [1.54, 1.807) is 0 Å². The van der Waals surface area contributed by atoms with Gasteiger partial charge in [0.1, 0.15) is 0 Å². The molecule has 2 heteroatoms. The van der Waals surface area contributed by atoms with Crippen LogP contribution in [0.4, 0.5) is 0 Å². The Hall–Kier alpha value is -0.0800. The molecule has 3 atom stereocenters. The predicted molar refractivity (Wildman–Crippen MR) is 71.6 cm³/mol. The average Bonchev–Trinajstić information content (AvgIpc) is 2.29. The van der Waals surface area contributed by atoms with E-state index in [0.717, 1.165) is 12.5 Å². The van der Waals surface area contributed by atoms with Crippen molar-refractivity contribution in [3.63, 3.8) is 0 Å². The van der Waals surface area contributed by atoms with Crippen molar-refractivity contribution in [1.82, 2.24) is 4.90 Å². The maximum Gasteiger partial charge on any atom is 0.0249 e. The van der Waals surface area contributed by atoms with Crippen molar-refractivity contribution in [1.29, 1.82) is 0 Å². The topological polar surface area (TPSA) is 29.3 Å². The molecule has 96 valence electrons. The quantitative estimate of drug-likeness (QED) is 0.754. The number of hydrogen-bond acceptors (Lipinski definition) is 2. The maximum atomic E-state index is 6.30. The van der Waals surface area contributed by atoms with E-state index in [9.17, 15) is 0 Å². The summed E-state index contributed by atoms with van der Waals surface area (Å²) in [7, 11) is 0. The molecule has 1 saturated carbocycles. The Bertz CT molecular complexity index is 182. The monoisotopic (exact) mass is 226 g/mol. The van der Waals surface area contributed by atoms with E-state index >= 15 is 0 Å². The van der Waals surface area contributed by atoms with Crippen LogP contribution in [0.15, 0.2) is 0 Å². The van der Waals surface area contributed by atoms with Crippen molar-refractivity contribution in [3.05, 3.63) is 0 Å². The van der Waals surface area contributed by atoms with Gasteiger partial charge in [-0.3, -0.25) is 4.90 Å². The zero-order chi connectivity index (χ0) is 12.0. The number of likely N-dealkylation sites (N-methyl/N-ethyl adjacent to an activating group) is 1. The summed E-state index contributed by atoms with van der Waals surface area (Å²) in [5, 5.41) is 0. The van der Waals surface area contributed by atoms with Crippen molar-refractivity contribution in [3.8, 4) is 0 Å². The van der Waals surface area contributed by atoms with Gasteiger partial charge in [-0.2, -0.15) is 0 Å². The molecule has 0 bridgehead atoms. The smallest absolute Gasteiger partial charge is 0.0249 e. The minimum Gasteiger partial charge on any atom is -0.326 e. The van der Waals surface area contributed by atoms with Crippen molar-refractivity contribution < 1.29 is 0 Å². The van der Waals surface area contributed by atoms with Gasteiger partial charge in [0, 0.05) is 12.1 Å². The Morgan fingerprint density at radius 3 is 2.44 bits per heavy atom. The summed E-state index contributed by atoms with van der Waals surface area (Å²) in [6.07, 6.45) is 7.89. The first-order chi connectivity index (χ1) is 7.72. The van der Waals surface area contributed by atoms with Gasteiger partial charge < -0.3 is 5.73 Å². The normalized spacial score (nSPS) is 30.9. The molecule has 2 N–H and O–H groups in total. The SMILES string of the molecule is CCCC1CCC(N)C(N(CC)CCC)C1. The van der Waals surface area contributed by atoms with E-state index in [1.165, 1.54) is 45.1 Å². The van der Waals surface area contributed by atoms with Gasteiger partial charge in [0.25, 0.3) is 0 Å². The van der Waals surface area contributed by atoms with Gasteiger partial charge in [0.15, 0.2) is 0 Å². The molecule has 2 nitrogen and oxygen atoms in total. The summed E-state index contributed by atoms with van der Waals surface area (Å²) in [6.45, 7) is 9.21. The first-order valence-electron chi connectivity index (χ1n) is 7.22. The van der Waals surface area contributed by atoms with E-state index in [-0.39, 0.29) is 0 Å². The van der Waals surface area contributed by atoms with Crippen LogP contribution in [0.25, 0.3) is 0 Å². The molecule has 3 unspecified atom stereocenters. The van der Waals surface area contributed by atoms with Crippen LogP contribution in [0, 0.1) is 5.92 Å². The maximum absolute atomic E-state index is 6.30. The van der Waals surface area contributed by atoms with Gasteiger partial charge in [0.05, 0.1) is 0 Å². The summed E-state index contributed by atoms with van der Waals surface area (Å²) in [5.41, 5.74) is 6.30. The Kier molecular flexibility index (Phi) is 6.37. The number of rotatable bonds is 6. The molecule has 0 aromatic heterocycles. The van der Waals surface area contributed by atoms with Crippen LogP contribution in [0.1, 0.15) is 59.3 Å². The molecule has 16 heavy (non-hydrogen) atoms. The van der Waals surface area contributed by atoms with E-state index in [4.69, 9.17) is 5.73 Å². The van der Waals surface area contributed by atoms with Gasteiger partial charge in [-0.25, -0.2) is 0 Å². The molecule has 0 aromatic rings. The number of nitrogens with two attached hydrogens (primary N) is 1. The van der Waals surface area contributed by atoms with Crippen LogP contribution in [0.2, 0.25) is 0 Å². The van der Waals surface area contributed by atoms with Crippen LogP contribution in [-0.2, 0) is 0 Å². The molecule has 0 aliphatic heterocycles. The van der Waals surface area contributed by atoms with Crippen LogP contribution in [-0.4, -0.2) is 30.1 Å². The van der Waals surface area contributed by atoms with Crippen LogP contribution < -0.4 is 5.73 Å². The number of hydrogen-bond donors (Lipinski definition) is 1. The fourth-order valence-electron chi connectivity index (χ4n) is 3.19. The van der Waals surface area contributed by atoms with Crippen molar-refractivity contribution >= 4 is 0 Å². The summed E-state index contributed by atoms with van der Waals surface area (Å²) in [6, 6.07) is 1.06. The lowest BCUT2D eigenvalue weighted by molar-refractivity contribution is 0.113. The van der Waals surface area contributed by atoms with E-state index in [2.05, 4.69) is 25.7 Å². The highest BCUT2D eigenvalue weighted by Crippen LogP contribution is 2.30. The largest absolute Gasteiger partial charge is 0.326 e. The Labute approximate surface area is 102 Å². The Balaban J connectivity index is 2.52. The molecule has 1 rings (SSSR count). The molecule has 1 aliphatic carbocycles. The van der Waals surface area contributed by atoms with E-state index < -0.39 is 0 Å². The second-order valence-corrected chi connectivity index (χ2v) is 5.33. The van der Waals surface area contributed by atoms with Gasteiger partial charge in [-0.1, -0.05) is 33.6 Å². The minimum absolute atomic E-state index is 0.416. The van der Waals surface area contributed by atoms with Gasteiger partial charge in [0.2, 0.25) is 0 Å². The summed E-state index contributed by atoms with van der Waals surface area (Å²) in [4.78, 5) is 2.60. The van der Waals surface area contributed by atoms with Crippen molar-refractivity contribution in [2.45, 2.75) is 71.4 Å². The molecule has 0 amide bonds. The molecule has 0 spiro atoms. The summed E-state index contributed by atoms with van der Waals surface area (Å²) < 4.78 is 0. The highest BCUT2D eigenvalue weighted by Gasteiger charge is 2.30. The first-order valence-corrected chi connectivity index (χ1v) is 7.22. The molecular formula is C14H30N2. The molecule has 1 aliphatic rings. The van der Waals surface area contributed by atoms with Crippen LogP contribution >= 0.6 is 0 Å². The van der Waals surface area contributed by atoms with Crippen molar-refractivity contribution in [2.75, 3.05) is 13.1 Å². The Morgan fingerprint density at radius 2 is 1.88 bits per heavy atom. The molecular weight excluding hydrogens is 196 g/mol. The van der Waals surface area contributed by atoms with Gasteiger partial charge in [-0.05, 0) is 44.7 Å². The molecule has 0 heterocycles. The second kappa shape index (κ2) is 7.29. The van der Waals surface area contributed by atoms with Crippen LogP contribution in [0.5, 0.6) is 0 Å². The highest BCUT2D eigenvalue weighted by molar-refractivity contribution is 4.88. The molecule has 0 radical (unpaired) electrons. The van der Waals surface area contributed by atoms with Gasteiger partial charge in [-0.15, -0.1) is 0 Å². The fourth-order valence-corrected chi connectivity index (χ4v) is 3.19. The third-order valence-corrected chi connectivity index (χ3v) is 4.06. The summed E-state index contributed by atoms with van der Waals surface area (Å²) in [5.74, 6) is 0.931. The van der Waals surface area contributed by atoms with Crippen molar-refractivity contribution in [2.24, 2.45) is 11.7 Å². The third kappa shape index (κ3) is 3.74. The van der Waals surface area contributed by atoms with E-state index in [0.29, 0.717) is 12.1 Å². The van der Waals surface area contributed by atoms with Gasteiger partial charge >= 0.3 is 0 Å². The lowest BCUT2D eigenvalue weighted by atomic mass is 9.80. The highest BCUT2D eigenvalue weighted by atomic mass is 15.2. The average molecular weight is 226 g/mol. The first kappa shape index (κ1) is 14.0. The van der Waals surface area contributed by atoms with Crippen LogP contribution in [0.3, 0.4) is 0 Å². The minimum atomic E-state index is 0.416. The number of nitrogens with zero attached hydrogens (tertiary/aromatic N) is 1.